The van der Waals surface area contributed by atoms with E-state index in [2.05, 4.69) is 5.32 Å². The highest BCUT2D eigenvalue weighted by molar-refractivity contribution is 5.95. The van der Waals surface area contributed by atoms with Gasteiger partial charge in [0.1, 0.15) is 17.6 Å². The van der Waals surface area contributed by atoms with Gasteiger partial charge in [0, 0.05) is 41.7 Å². The molecule has 3 fully saturated rings. The van der Waals surface area contributed by atoms with Crippen molar-refractivity contribution in [3.8, 4) is 5.75 Å². The molecular formula is C22H25F2N3O4. The minimum Gasteiger partial charge on any atom is -0.494 e. The van der Waals surface area contributed by atoms with Gasteiger partial charge in [-0.3, -0.25) is 4.79 Å². The van der Waals surface area contributed by atoms with E-state index in [0.29, 0.717) is 6.54 Å². The van der Waals surface area contributed by atoms with Crippen LogP contribution in [0.2, 0.25) is 0 Å². The highest BCUT2D eigenvalue weighted by Crippen LogP contribution is 2.61. The van der Waals surface area contributed by atoms with Gasteiger partial charge in [-0.05, 0) is 25.8 Å². The first-order valence-corrected chi connectivity index (χ1v) is 10.5. The number of alkyl halides is 1. The van der Waals surface area contributed by atoms with Crippen molar-refractivity contribution >= 4 is 16.9 Å². The molecule has 0 amide bonds. The Bertz CT molecular complexity index is 1170. The minimum absolute atomic E-state index is 0.129. The zero-order valence-electron chi connectivity index (χ0n) is 17.4. The number of hydrogen-bond acceptors (Lipinski definition) is 5. The van der Waals surface area contributed by atoms with E-state index in [1.165, 1.54) is 11.7 Å². The molecule has 31 heavy (non-hydrogen) atoms. The van der Waals surface area contributed by atoms with Gasteiger partial charge >= 0.3 is 5.97 Å². The molecule has 2 aromatic rings. The second kappa shape index (κ2) is 6.49. The topological polar surface area (TPSA) is 107 Å². The quantitative estimate of drug-likeness (QED) is 0.685. The molecule has 0 radical (unpaired) electrons. The number of nitrogens with two attached hydrogens (primary N) is 1. The first kappa shape index (κ1) is 20.4. The van der Waals surface area contributed by atoms with Gasteiger partial charge in [0.15, 0.2) is 5.75 Å². The summed E-state index contributed by atoms with van der Waals surface area (Å²) in [5.41, 5.74) is 4.82. The Hall–Kier alpha value is -2.52. The highest BCUT2D eigenvalue weighted by atomic mass is 19.1. The molecule has 0 bridgehead atoms. The standard InChI is InChI=1S/C22H25F2N3O4/c1-21(25)9-26-19(22(21)4-3-5-22)15-13(24)6-10-16(18(15)31-2)27(14-7-12(14)23)8-11(17(10)28)20(29)30/h6,8,12,14,19,26H,3-5,7,9,25H2,1-2H3,(H,29,30)/t12-,14+,19?,21?/m0/s1. The molecule has 2 unspecified atom stereocenters. The predicted molar refractivity (Wildman–Crippen MR) is 110 cm³/mol. The van der Waals surface area contributed by atoms with Gasteiger partial charge in [0.25, 0.3) is 0 Å². The fraction of sp³-hybridized carbons (Fsp3) is 0.545. The highest BCUT2D eigenvalue weighted by Gasteiger charge is 2.60. The summed E-state index contributed by atoms with van der Waals surface area (Å²) in [5, 5.41) is 12.7. The van der Waals surface area contributed by atoms with Crippen molar-refractivity contribution in [2.45, 2.75) is 56.4 Å². The monoisotopic (exact) mass is 433 g/mol. The van der Waals surface area contributed by atoms with Crippen LogP contribution in [0.3, 0.4) is 0 Å². The number of carboxylic acids is 1. The van der Waals surface area contributed by atoms with Crippen LogP contribution < -0.4 is 21.2 Å². The van der Waals surface area contributed by atoms with Gasteiger partial charge < -0.3 is 25.5 Å². The number of aromatic carboxylic acids is 1. The van der Waals surface area contributed by atoms with E-state index < -0.39 is 46.6 Å². The molecule has 4 N–H and O–H groups in total. The molecule has 3 aliphatic rings. The minimum atomic E-state index is -1.44. The number of fused-ring (bicyclic) bond motifs is 1. The first-order chi connectivity index (χ1) is 14.6. The lowest BCUT2D eigenvalue weighted by Gasteiger charge is -2.51. The molecule has 1 aliphatic heterocycles. The zero-order valence-corrected chi connectivity index (χ0v) is 17.4. The number of carbonyl (C=O) groups is 1. The number of pyridine rings is 1. The summed E-state index contributed by atoms with van der Waals surface area (Å²) in [7, 11) is 1.38. The molecule has 1 aromatic heterocycles. The van der Waals surface area contributed by atoms with Crippen LogP contribution in [0.4, 0.5) is 8.78 Å². The number of hydrogen-bond donors (Lipinski definition) is 3. The SMILES string of the molecule is COc1c(C2NCC(C)(N)C23CCC3)c(F)cc2c(=O)c(C(=O)O)cn([C@@H]3C[C@@H]3F)c12. The summed E-state index contributed by atoms with van der Waals surface area (Å²) in [6.45, 7) is 2.45. The van der Waals surface area contributed by atoms with Crippen LogP contribution in [0, 0.1) is 11.2 Å². The summed E-state index contributed by atoms with van der Waals surface area (Å²) in [6.07, 6.45) is 2.83. The number of nitrogens with one attached hydrogen (secondary N) is 1. The number of ether oxygens (including phenoxy) is 1. The number of aromatic nitrogens is 1. The lowest BCUT2D eigenvalue weighted by molar-refractivity contribution is 0.0445. The van der Waals surface area contributed by atoms with Crippen molar-refractivity contribution in [3.05, 3.63) is 39.4 Å². The number of halogens is 2. The van der Waals surface area contributed by atoms with Crippen LogP contribution in [0.25, 0.3) is 10.9 Å². The Morgan fingerprint density at radius 3 is 2.61 bits per heavy atom. The molecular weight excluding hydrogens is 408 g/mol. The first-order valence-electron chi connectivity index (χ1n) is 10.5. The molecule has 1 saturated heterocycles. The fourth-order valence-electron chi connectivity index (χ4n) is 5.61. The van der Waals surface area contributed by atoms with Crippen molar-refractivity contribution in [2.75, 3.05) is 13.7 Å². The van der Waals surface area contributed by atoms with Crippen molar-refractivity contribution in [1.29, 1.82) is 0 Å². The maximum Gasteiger partial charge on any atom is 0.341 e. The maximum atomic E-state index is 15.6. The number of methoxy groups -OCH3 is 1. The number of rotatable bonds is 4. The van der Waals surface area contributed by atoms with Gasteiger partial charge in [-0.25, -0.2) is 13.6 Å². The van der Waals surface area contributed by atoms with Crippen LogP contribution >= 0.6 is 0 Å². The third-order valence-corrected chi connectivity index (χ3v) is 7.63. The summed E-state index contributed by atoms with van der Waals surface area (Å²) in [5.74, 6) is -1.97. The average molecular weight is 433 g/mol. The van der Waals surface area contributed by atoms with E-state index in [9.17, 15) is 19.1 Å². The van der Waals surface area contributed by atoms with Gasteiger partial charge in [-0.1, -0.05) is 6.42 Å². The van der Waals surface area contributed by atoms with Crippen molar-refractivity contribution in [1.82, 2.24) is 9.88 Å². The van der Waals surface area contributed by atoms with Crippen molar-refractivity contribution in [3.63, 3.8) is 0 Å². The molecule has 9 heteroatoms. The van der Waals surface area contributed by atoms with Gasteiger partial charge in [-0.15, -0.1) is 0 Å². The van der Waals surface area contributed by atoms with Crippen LogP contribution in [-0.4, -0.2) is 41.0 Å². The van der Waals surface area contributed by atoms with Crippen molar-refractivity contribution < 1.29 is 23.4 Å². The normalized spacial score (nSPS) is 31.1. The lowest BCUT2D eigenvalue weighted by Crippen LogP contribution is -2.56. The Balaban J connectivity index is 1.82. The largest absolute Gasteiger partial charge is 0.494 e. The third-order valence-electron chi connectivity index (χ3n) is 7.63. The summed E-state index contributed by atoms with van der Waals surface area (Å²) < 4.78 is 36.7. The molecule has 2 heterocycles. The summed E-state index contributed by atoms with van der Waals surface area (Å²) in [4.78, 5) is 24.5. The van der Waals surface area contributed by atoms with E-state index in [0.717, 1.165) is 31.5 Å². The third kappa shape index (κ3) is 2.62. The number of benzene rings is 1. The van der Waals surface area contributed by atoms with Crippen LogP contribution in [-0.2, 0) is 0 Å². The van der Waals surface area contributed by atoms with E-state index in [-0.39, 0.29) is 34.1 Å². The number of carboxylic acid groups (broad SMARTS) is 1. The van der Waals surface area contributed by atoms with Crippen LogP contribution in [0.1, 0.15) is 60.6 Å². The molecule has 2 saturated carbocycles. The average Bonchev–Trinajstić information content (AvgIpc) is 3.31. The van der Waals surface area contributed by atoms with E-state index >= 15 is 4.39 Å². The molecule has 5 rings (SSSR count). The maximum absolute atomic E-state index is 15.6. The molecule has 166 valence electrons. The lowest BCUT2D eigenvalue weighted by atomic mass is 9.55. The molecule has 2 aliphatic carbocycles. The number of nitrogens with zero attached hydrogens (tertiary/aromatic N) is 1. The Morgan fingerprint density at radius 2 is 2.10 bits per heavy atom. The van der Waals surface area contributed by atoms with E-state index in [4.69, 9.17) is 10.5 Å². The van der Waals surface area contributed by atoms with E-state index in [1.54, 1.807) is 0 Å². The Kier molecular flexibility index (Phi) is 4.27. The molecule has 1 spiro atoms. The second-order valence-electron chi connectivity index (χ2n) is 9.35. The second-order valence-corrected chi connectivity index (χ2v) is 9.35. The zero-order chi connectivity index (χ0) is 22.3. The smallest absolute Gasteiger partial charge is 0.341 e. The van der Waals surface area contributed by atoms with Gasteiger partial charge in [-0.2, -0.15) is 0 Å². The van der Waals surface area contributed by atoms with Crippen molar-refractivity contribution in [2.24, 2.45) is 11.1 Å². The molecule has 1 aromatic carbocycles. The van der Waals surface area contributed by atoms with Crippen LogP contribution in [0.5, 0.6) is 5.75 Å². The Labute approximate surface area is 177 Å². The Morgan fingerprint density at radius 1 is 1.42 bits per heavy atom. The fourth-order valence-corrected chi connectivity index (χ4v) is 5.61. The summed E-state index contributed by atoms with van der Waals surface area (Å²) >= 11 is 0. The van der Waals surface area contributed by atoms with Gasteiger partial charge in [0.05, 0.1) is 24.1 Å². The summed E-state index contributed by atoms with van der Waals surface area (Å²) in [6, 6.07) is 0.00922. The molecule has 7 nitrogen and oxygen atoms in total. The van der Waals surface area contributed by atoms with E-state index in [1.807, 2.05) is 6.92 Å². The molecule has 4 atom stereocenters. The van der Waals surface area contributed by atoms with Gasteiger partial charge in [0.2, 0.25) is 5.43 Å². The van der Waals surface area contributed by atoms with Crippen LogP contribution in [0.15, 0.2) is 17.1 Å². The predicted octanol–water partition coefficient (Wildman–Crippen LogP) is 2.66.